The van der Waals surface area contributed by atoms with Crippen molar-refractivity contribution in [2.75, 3.05) is 0 Å². The molecule has 0 radical (unpaired) electrons. The van der Waals surface area contributed by atoms with Gasteiger partial charge in [-0.15, -0.1) is 0 Å². The van der Waals surface area contributed by atoms with E-state index in [-0.39, 0.29) is 5.54 Å². The Kier molecular flexibility index (Phi) is 2.48. The molecule has 2 nitrogen and oxygen atoms in total. The number of aromatic nitrogens is 1. The second-order valence-corrected chi connectivity index (χ2v) is 5.39. The van der Waals surface area contributed by atoms with Crippen LogP contribution in [0.3, 0.4) is 0 Å². The highest BCUT2D eigenvalue weighted by Crippen LogP contribution is 2.38. The van der Waals surface area contributed by atoms with Gasteiger partial charge < -0.3 is 10.3 Å². The van der Waals surface area contributed by atoms with Gasteiger partial charge in [0.05, 0.1) is 5.52 Å². The Balaban J connectivity index is 2.18. The summed E-state index contributed by atoms with van der Waals surface area (Å²) >= 11 is 0. The molecule has 1 heterocycles. The Hall–Kier alpha value is -1.28. The summed E-state index contributed by atoms with van der Waals surface area (Å²) in [4.78, 5) is 0. The predicted molar refractivity (Wildman–Crippen MR) is 71.9 cm³/mol. The van der Waals surface area contributed by atoms with Gasteiger partial charge in [-0.25, -0.2) is 0 Å². The third-order valence-corrected chi connectivity index (χ3v) is 4.18. The normalized spacial score (nSPS) is 19.6. The largest absolute Gasteiger partial charge is 0.350 e. The maximum atomic E-state index is 6.66. The molecule has 2 N–H and O–H groups in total. The highest BCUT2D eigenvalue weighted by molar-refractivity contribution is 5.84. The first-order valence-electron chi connectivity index (χ1n) is 6.54. The quantitative estimate of drug-likeness (QED) is 0.797. The summed E-state index contributed by atoms with van der Waals surface area (Å²) < 4.78 is 2.20. The molecule has 1 aromatic carbocycles. The molecule has 0 aliphatic heterocycles. The topological polar surface area (TPSA) is 30.9 Å². The number of nitrogens with two attached hydrogens (primary N) is 1. The minimum Gasteiger partial charge on any atom is -0.350 e. The maximum absolute atomic E-state index is 6.66. The van der Waals surface area contributed by atoms with Crippen molar-refractivity contribution in [3.05, 3.63) is 36.0 Å². The van der Waals surface area contributed by atoms with Crippen molar-refractivity contribution in [3.63, 3.8) is 0 Å². The molecule has 3 rings (SSSR count). The van der Waals surface area contributed by atoms with E-state index < -0.39 is 0 Å². The lowest BCUT2D eigenvalue weighted by Gasteiger charge is -2.34. The van der Waals surface area contributed by atoms with E-state index in [2.05, 4.69) is 42.1 Å². The standard InChI is InChI=1S/C15H20N2/c1-17-11-8-12-6-5-7-13(14(12)17)15(16)9-3-2-4-10-15/h5-8,11H,2-4,9-10,16H2,1H3. The van der Waals surface area contributed by atoms with Crippen LogP contribution in [0.1, 0.15) is 37.7 Å². The molecule has 90 valence electrons. The van der Waals surface area contributed by atoms with E-state index in [1.165, 1.54) is 35.7 Å². The zero-order valence-corrected chi connectivity index (χ0v) is 10.4. The number of benzene rings is 1. The van der Waals surface area contributed by atoms with E-state index in [0.717, 1.165) is 12.8 Å². The van der Waals surface area contributed by atoms with Gasteiger partial charge in [0.1, 0.15) is 0 Å². The van der Waals surface area contributed by atoms with Gasteiger partial charge in [0, 0.05) is 18.8 Å². The minimum atomic E-state index is -0.107. The number of hydrogen-bond acceptors (Lipinski definition) is 1. The van der Waals surface area contributed by atoms with E-state index in [1.54, 1.807) is 0 Å². The van der Waals surface area contributed by atoms with Crippen molar-refractivity contribution >= 4 is 10.9 Å². The van der Waals surface area contributed by atoms with Crippen LogP contribution in [-0.2, 0) is 12.6 Å². The molecule has 1 aliphatic rings. The average Bonchev–Trinajstić information content (AvgIpc) is 2.72. The Morgan fingerprint density at radius 1 is 1.12 bits per heavy atom. The molecule has 2 aromatic rings. The van der Waals surface area contributed by atoms with Crippen molar-refractivity contribution in [2.45, 2.75) is 37.6 Å². The summed E-state index contributed by atoms with van der Waals surface area (Å²) in [6, 6.07) is 8.70. The van der Waals surface area contributed by atoms with E-state index in [4.69, 9.17) is 5.73 Å². The molecular weight excluding hydrogens is 208 g/mol. The van der Waals surface area contributed by atoms with Gasteiger partial charge in [-0.05, 0) is 29.9 Å². The molecule has 1 saturated carbocycles. The van der Waals surface area contributed by atoms with Gasteiger partial charge in [-0.2, -0.15) is 0 Å². The summed E-state index contributed by atoms with van der Waals surface area (Å²) in [6.07, 6.45) is 8.23. The molecule has 2 heteroatoms. The third-order valence-electron chi connectivity index (χ3n) is 4.18. The monoisotopic (exact) mass is 228 g/mol. The molecule has 0 unspecified atom stereocenters. The second-order valence-electron chi connectivity index (χ2n) is 5.39. The third kappa shape index (κ3) is 1.67. The van der Waals surface area contributed by atoms with E-state index >= 15 is 0 Å². The van der Waals surface area contributed by atoms with Crippen LogP contribution in [0.4, 0.5) is 0 Å². The highest BCUT2D eigenvalue weighted by atomic mass is 14.9. The lowest BCUT2D eigenvalue weighted by atomic mass is 9.77. The predicted octanol–water partition coefficient (Wildman–Crippen LogP) is 3.30. The van der Waals surface area contributed by atoms with E-state index in [0.29, 0.717) is 0 Å². The average molecular weight is 228 g/mol. The maximum Gasteiger partial charge on any atom is 0.0528 e. The summed E-state index contributed by atoms with van der Waals surface area (Å²) in [7, 11) is 2.11. The van der Waals surface area contributed by atoms with Crippen LogP contribution in [0, 0.1) is 0 Å². The fraction of sp³-hybridized carbons (Fsp3) is 0.467. The van der Waals surface area contributed by atoms with Crippen LogP contribution in [-0.4, -0.2) is 4.57 Å². The fourth-order valence-corrected chi connectivity index (χ4v) is 3.21. The second kappa shape index (κ2) is 3.88. The van der Waals surface area contributed by atoms with E-state index in [1.807, 2.05) is 0 Å². The van der Waals surface area contributed by atoms with Gasteiger partial charge in [-0.1, -0.05) is 37.5 Å². The SMILES string of the molecule is Cn1ccc2cccc(C3(N)CCCCC3)c21. The lowest BCUT2D eigenvalue weighted by molar-refractivity contribution is 0.304. The molecule has 17 heavy (non-hydrogen) atoms. The molecular formula is C15H20N2. The number of hydrogen-bond donors (Lipinski definition) is 1. The summed E-state index contributed by atoms with van der Waals surface area (Å²) in [5, 5.41) is 1.31. The summed E-state index contributed by atoms with van der Waals surface area (Å²) in [6.45, 7) is 0. The summed E-state index contributed by atoms with van der Waals surface area (Å²) in [5.74, 6) is 0. The number of aryl methyl sites for hydroxylation is 1. The number of rotatable bonds is 1. The van der Waals surface area contributed by atoms with Crippen LogP contribution < -0.4 is 5.73 Å². The first-order chi connectivity index (χ1) is 8.21. The van der Waals surface area contributed by atoms with Crippen molar-refractivity contribution in [3.8, 4) is 0 Å². The molecule has 1 aromatic heterocycles. The summed E-state index contributed by atoms with van der Waals surface area (Å²) in [5.41, 5.74) is 9.21. The highest BCUT2D eigenvalue weighted by Gasteiger charge is 2.31. The Morgan fingerprint density at radius 2 is 1.88 bits per heavy atom. The van der Waals surface area contributed by atoms with Crippen LogP contribution in [0.2, 0.25) is 0 Å². The first-order valence-corrected chi connectivity index (χ1v) is 6.54. The smallest absolute Gasteiger partial charge is 0.0528 e. The molecule has 0 amide bonds. The molecule has 0 spiro atoms. The number of para-hydroxylation sites is 1. The van der Waals surface area contributed by atoms with Gasteiger partial charge >= 0.3 is 0 Å². The Morgan fingerprint density at radius 3 is 2.65 bits per heavy atom. The van der Waals surface area contributed by atoms with Crippen LogP contribution >= 0.6 is 0 Å². The van der Waals surface area contributed by atoms with Gasteiger partial charge in [-0.3, -0.25) is 0 Å². The van der Waals surface area contributed by atoms with Gasteiger partial charge in [0.15, 0.2) is 0 Å². The van der Waals surface area contributed by atoms with Crippen molar-refractivity contribution in [2.24, 2.45) is 12.8 Å². The number of nitrogens with zero attached hydrogens (tertiary/aromatic N) is 1. The van der Waals surface area contributed by atoms with Gasteiger partial charge in [0.2, 0.25) is 0 Å². The molecule has 0 atom stereocenters. The van der Waals surface area contributed by atoms with Crippen LogP contribution in [0.25, 0.3) is 10.9 Å². The van der Waals surface area contributed by atoms with Crippen LogP contribution in [0.5, 0.6) is 0 Å². The van der Waals surface area contributed by atoms with Crippen LogP contribution in [0.15, 0.2) is 30.5 Å². The molecule has 0 bridgehead atoms. The first kappa shape index (κ1) is 10.8. The zero-order chi connectivity index (χ0) is 11.9. The molecule has 1 fully saturated rings. The van der Waals surface area contributed by atoms with Crippen molar-refractivity contribution < 1.29 is 0 Å². The Labute approximate surface area is 102 Å². The van der Waals surface area contributed by atoms with Crippen molar-refractivity contribution in [1.82, 2.24) is 4.57 Å². The number of fused-ring (bicyclic) bond motifs is 1. The molecule has 0 saturated heterocycles. The van der Waals surface area contributed by atoms with E-state index in [9.17, 15) is 0 Å². The van der Waals surface area contributed by atoms with Gasteiger partial charge in [0.25, 0.3) is 0 Å². The van der Waals surface area contributed by atoms with Crippen molar-refractivity contribution in [1.29, 1.82) is 0 Å². The molecule has 1 aliphatic carbocycles. The Bertz CT molecular complexity index is 533. The lowest BCUT2D eigenvalue weighted by Crippen LogP contribution is -2.39. The fourth-order valence-electron chi connectivity index (χ4n) is 3.21. The minimum absolute atomic E-state index is 0.107. The zero-order valence-electron chi connectivity index (χ0n) is 10.4.